The molecule has 2 atom stereocenters. The molecule has 4 rings (SSSR count). The lowest BCUT2D eigenvalue weighted by atomic mass is 10.0. The summed E-state index contributed by atoms with van der Waals surface area (Å²) in [5.41, 5.74) is 1.83. The highest BCUT2D eigenvalue weighted by Gasteiger charge is 2.45. The minimum Gasteiger partial charge on any atom is -0.497 e. The van der Waals surface area contributed by atoms with Gasteiger partial charge in [-0.15, -0.1) is 0 Å². The molecule has 3 aliphatic rings. The van der Waals surface area contributed by atoms with Gasteiger partial charge in [-0.2, -0.15) is 0 Å². The summed E-state index contributed by atoms with van der Waals surface area (Å²) in [6, 6.07) is 7.44. The quantitative estimate of drug-likeness (QED) is 0.559. The highest BCUT2D eigenvalue weighted by molar-refractivity contribution is 6.35. The number of carbonyl (C=O) groups is 2. The molecule has 2 amide bonds. The lowest BCUT2D eigenvalue weighted by Gasteiger charge is -2.37. The van der Waals surface area contributed by atoms with Crippen molar-refractivity contribution >= 4 is 17.4 Å². The lowest BCUT2D eigenvalue weighted by Crippen LogP contribution is -2.48. The number of hydrogen-bond donors (Lipinski definition) is 0. The molecule has 6 heteroatoms. The third-order valence-electron chi connectivity index (χ3n) is 6.40. The fraction of sp³-hybridized carbons (Fsp3) is 0.583. The largest absolute Gasteiger partial charge is 0.497 e. The number of rotatable bonds is 4. The van der Waals surface area contributed by atoms with Gasteiger partial charge in [-0.05, 0) is 44.4 Å². The zero-order chi connectivity index (χ0) is 21.3. The topological polar surface area (TPSA) is 59.1 Å². The van der Waals surface area contributed by atoms with Gasteiger partial charge < -0.3 is 14.4 Å². The van der Waals surface area contributed by atoms with Crippen molar-refractivity contribution in [3.63, 3.8) is 0 Å². The van der Waals surface area contributed by atoms with Crippen LogP contribution in [0.3, 0.4) is 0 Å². The Morgan fingerprint density at radius 2 is 1.50 bits per heavy atom. The van der Waals surface area contributed by atoms with Crippen LogP contribution in [0.1, 0.15) is 57.9 Å². The number of methoxy groups -OCH3 is 1. The van der Waals surface area contributed by atoms with Crippen LogP contribution in [0.5, 0.6) is 5.75 Å². The third-order valence-corrected chi connectivity index (χ3v) is 6.40. The maximum absolute atomic E-state index is 13.7. The van der Waals surface area contributed by atoms with Gasteiger partial charge in [0.15, 0.2) is 0 Å². The molecule has 162 valence electrons. The smallest absolute Gasteiger partial charge is 0.278 e. The monoisotopic (exact) mass is 412 g/mol. The Kier molecular flexibility index (Phi) is 6.14. The second kappa shape index (κ2) is 8.80. The van der Waals surface area contributed by atoms with Crippen LogP contribution in [-0.4, -0.2) is 60.1 Å². The van der Waals surface area contributed by atoms with E-state index in [1.807, 2.05) is 38.1 Å². The highest BCUT2D eigenvalue weighted by Crippen LogP contribution is 2.37. The number of imide groups is 1. The first kappa shape index (κ1) is 20.9. The van der Waals surface area contributed by atoms with E-state index < -0.39 is 0 Å². The minimum absolute atomic E-state index is 0.00543. The molecular formula is C24H32N2O4. The van der Waals surface area contributed by atoms with Crippen LogP contribution in [0.4, 0.5) is 0 Å². The number of amides is 2. The molecule has 0 N–H and O–H groups in total. The molecule has 0 aromatic heterocycles. The summed E-state index contributed by atoms with van der Waals surface area (Å²) in [6.45, 7) is 5.24. The summed E-state index contributed by atoms with van der Waals surface area (Å²) in [7, 11) is 1.62. The average Bonchev–Trinajstić information content (AvgIpc) is 2.89. The average molecular weight is 413 g/mol. The van der Waals surface area contributed by atoms with Crippen LogP contribution in [0.2, 0.25) is 0 Å². The molecule has 1 saturated carbocycles. The molecule has 6 nitrogen and oxygen atoms in total. The van der Waals surface area contributed by atoms with E-state index in [-0.39, 0.29) is 30.1 Å². The van der Waals surface area contributed by atoms with Crippen molar-refractivity contribution in [2.45, 2.75) is 70.6 Å². The van der Waals surface area contributed by atoms with E-state index >= 15 is 0 Å². The van der Waals surface area contributed by atoms with Crippen molar-refractivity contribution < 1.29 is 19.1 Å². The molecule has 0 radical (unpaired) electrons. The van der Waals surface area contributed by atoms with Crippen molar-refractivity contribution in [2.75, 3.05) is 20.2 Å². The molecule has 0 bridgehead atoms. The molecule has 2 unspecified atom stereocenters. The standard InChI is InChI=1S/C24H32N2O4/c1-16-14-25(15-17(2)30-16)22-21(18-10-12-20(29-3)13-11-18)23(27)26(24(22)28)19-8-6-4-5-7-9-19/h10-13,16-17,19H,4-9,14-15H2,1-3H3. The third kappa shape index (κ3) is 3.97. The van der Waals surface area contributed by atoms with Gasteiger partial charge in [-0.3, -0.25) is 14.5 Å². The fourth-order valence-corrected chi connectivity index (χ4v) is 5.05. The van der Waals surface area contributed by atoms with Crippen LogP contribution >= 0.6 is 0 Å². The van der Waals surface area contributed by atoms with E-state index in [4.69, 9.17) is 9.47 Å². The highest BCUT2D eigenvalue weighted by atomic mass is 16.5. The van der Waals surface area contributed by atoms with Gasteiger partial charge in [0.2, 0.25) is 0 Å². The van der Waals surface area contributed by atoms with Gasteiger partial charge in [-0.25, -0.2) is 0 Å². The Morgan fingerprint density at radius 3 is 2.07 bits per heavy atom. The summed E-state index contributed by atoms with van der Waals surface area (Å²) in [5.74, 6) is 0.435. The summed E-state index contributed by atoms with van der Waals surface area (Å²) in [5, 5.41) is 0. The Hall–Kier alpha value is -2.34. The summed E-state index contributed by atoms with van der Waals surface area (Å²) < 4.78 is 11.2. The Balaban J connectivity index is 1.75. The maximum Gasteiger partial charge on any atom is 0.278 e. The number of nitrogens with zero attached hydrogens (tertiary/aromatic N) is 2. The molecule has 30 heavy (non-hydrogen) atoms. The number of carbonyl (C=O) groups excluding carboxylic acids is 2. The second-order valence-corrected chi connectivity index (χ2v) is 8.74. The van der Waals surface area contributed by atoms with E-state index in [1.165, 1.54) is 12.8 Å². The molecule has 1 saturated heterocycles. The summed E-state index contributed by atoms with van der Waals surface area (Å²) in [4.78, 5) is 31.0. The molecule has 2 heterocycles. The lowest BCUT2D eigenvalue weighted by molar-refractivity contribution is -0.141. The second-order valence-electron chi connectivity index (χ2n) is 8.74. The van der Waals surface area contributed by atoms with Crippen LogP contribution in [0.25, 0.3) is 5.57 Å². The first-order valence-electron chi connectivity index (χ1n) is 11.2. The number of ether oxygens (including phenoxy) is 2. The van der Waals surface area contributed by atoms with Gasteiger partial charge in [-0.1, -0.05) is 37.8 Å². The first-order valence-corrected chi connectivity index (χ1v) is 11.2. The van der Waals surface area contributed by atoms with Crippen molar-refractivity contribution in [2.24, 2.45) is 0 Å². The van der Waals surface area contributed by atoms with Crippen molar-refractivity contribution in [3.05, 3.63) is 35.5 Å². The van der Waals surface area contributed by atoms with Gasteiger partial charge in [0.1, 0.15) is 11.4 Å². The maximum atomic E-state index is 13.7. The molecule has 0 spiro atoms. The number of morpholine rings is 1. The van der Waals surface area contributed by atoms with Crippen molar-refractivity contribution in [1.82, 2.24) is 9.80 Å². The van der Waals surface area contributed by atoms with E-state index in [9.17, 15) is 9.59 Å². The molecule has 2 aliphatic heterocycles. The van der Waals surface area contributed by atoms with Gasteiger partial charge in [0, 0.05) is 19.1 Å². The van der Waals surface area contributed by atoms with Crippen LogP contribution in [-0.2, 0) is 14.3 Å². The fourth-order valence-electron chi connectivity index (χ4n) is 5.05. The molecular weight excluding hydrogens is 380 g/mol. The van der Waals surface area contributed by atoms with E-state index in [2.05, 4.69) is 4.90 Å². The predicted molar refractivity (Wildman–Crippen MR) is 115 cm³/mol. The zero-order valence-corrected chi connectivity index (χ0v) is 18.2. The van der Waals surface area contributed by atoms with E-state index in [0.29, 0.717) is 24.4 Å². The van der Waals surface area contributed by atoms with Gasteiger partial charge >= 0.3 is 0 Å². The zero-order valence-electron chi connectivity index (χ0n) is 18.2. The molecule has 2 fully saturated rings. The molecule has 1 aromatic rings. The Labute approximate surface area is 178 Å². The SMILES string of the molecule is COc1ccc(C2=C(N3CC(C)OC(C)C3)C(=O)N(C3CCCCCC3)C2=O)cc1. The Bertz CT molecular complexity index is 814. The predicted octanol–water partition coefficient (Wildman–Crippen LogP) is 3.61. The minimum atomic E-state index is -0.154. The van der Waals surface area contributed by atoms with Crippen molar-refractivity contribution in [3.8, 4) is 5.75 Å². The van der Waals surface area contributed by atoms with Crippen molar-refractivity contribution in [1.29, 1.82) is 0 Å². The van der Waals surface area contributed by atoms with Crippen LogP contribution in [0, 0.1) is 0 Å². The summed E-state index contributed by atoms with van der Waals surface area (Å²) in [6.07, 6.45) is 6.31. The molecule has 1 aliphatic carbocycles. The normalized spacial score (nSPS) is 26.4. The van der Waals surface area contributed by atoms with E-state index in [0.717, 1.165) is 37.0 Å². The van der Waals surface area contributed by atoms with Gasteiger partial charge in [0.05, 0.1) is 24.9 Å². The van der Waals surface area contributed by atoms with Crippen LogP contribution in [0.15, 0.2) is 30.0 Å². The molecule has 1 aromatic carbocycles. The van der Waals surface area contributed by atoms with Gasteiger partial charge in [0.25, 0.3) is 11.8 Å². The van der Waals surface area contributed by atoms with E-state index in [1.54, 1.807) is 12.0 Å². The first-order chi connectivity index (χ1) is 14.5. The summed E-state index contributed by atoms with van der Waals surface area (Å²) >= 11 is 0. The number of hydrogen-bond acceptors (Lipinski definition) is 5. The van der Waals surface area contributed by atoms with Crippen LogP contribution < -0.4 is 4.74 Å². The number of benzene rings is 1. The Morgan fingerprint density at radius 1 is 0.900 bits per heavy atom.